The standard InChI is InChI=1S/C19H23BrN4O3S/c1-11(2)17(19-23-18(24-27-19)12-6-7-12)22-16(26)10-28-9-15(25)21-14-5-3-4-13(20)8-14/h3-5,8,11-12,17H,6-7,9-10H2,1-2H3,(H,21,25)(H,22,26). The van der Waals surface area contributed by atoms with E-state index in [-0.39, 0.29) is 35.3 Å². The van der Waals surface area contributed by atoms with Crippen LogP contribution in [0.25, 0.3) is 0 Å². The first kappa shape index (κ1) is 20.9. The molecule has 1 aromatic carbocycles. The number of anilines is 1. The van der Waals surface area contributed by atoms with Crippen molar-refractivity contribution in [3.63, 3.8) is 0 Å². The highest BCUT2D eigenvalue weighted by Crippen LogP contribution is 2.38. The average molecular weight is 467 g/mol. The van der Waals surface area contributed by atoms with Crippen LogP contribution < -0.4 is 10.6 Å². The van der Waals surface area contributed by atoms with Gasteiger partial charge in [0.1, 0.15) is 6.04 Å². The quantitative estimate of drug-likeness (QED) is 0.581. The number of benzene rings is 1. The van der Waals surface area contributed by atoms with E-state index in [1.54, 1.807) is 0 Å². The van der Waals surface area contributed by atoms with Gasteiger partial charge in [-0.1, -0.05) is 41.0 Å². The predicted octanol–water partition coefficient (Wildman–Crippen LogP) is 3.89. The number of hydrogen-bond acceptors (Lipinski definition) is 6. The van der Waals surface area contributed by atoms with Crippen LogP contribution in [0.15, 0.2) is 33.3 Å². The van der Waals surface area contributed by atoms with Gasteiger partial charge in [0.15, 0.2) is 5.82 Å². The summed E-state index contributed by atoms with van der Waals surface area (Å²) in [6.45, 7) is 3.98. The molecule has 7 nitrogen and oxygen atoms in total. The second kappa shape index (κ2) is 9.56. The molecule has 0 saturated heterocycles. The van der Waals surface area contributed by atoms with Crippen molar-refractivity contribution in [2.45, 2.75) is 38.6 Å². The fraction of sp³-hybridized carbons (Fsp3) is 0.474. The summed E-state index contributed by atoms with van der Waals surface area (Å²) in [5, 5.41) is 9.77. The van der Waals surface area contributed by atoms with Gasteiger partial charge in [-0.3, -0.25) is 9.59 Å². The highest BCUT2D eigenvalue weighted by Gasteiger charge is 2.31. The molecule has 9 heteroatoms. The van der Waals surface area contributed by atoms with Crippen LogP contribution in [0.1, 0.15) is 50.4 Å². The average Bonchev–Trinajstić information content (AvgIpc) is 3.37. The maximum Gasteiger partial charge on any atom is 0.249 e. The summed E-state index contributed by atoms with van der Waals surface area (Å²) in [4.78, 5) is 28.8. The molecule has 0 spiro atoms. The lowest BCUT2D eigenvalue weighted by molar-refractivity contribution is -0.119. The molecular weight excluding hydrogens is 444 g/mol. The lowest BCUT2D eigenvalue weighted by Crippen LogP contribution is -2.33. The van der Waals surface area contributed by atoms with Gasteiger partial charge in [0.2, 0.25) is 17.7 Å². The van der Waals surface area contributed by atoms with E-state index in [1.807, 2.05) is 38.1 Å². The first-order valence-electron chi connectivity index (χ1n) is 9.18. The van der Waals surface area contributed by atoms with Crippen LogP contribution in [0.3, 0.4) is 0 Å². The number of amides is 2. The minimum absolute atomic E-state index is 0.112. The van der Waals surface area contributed by atoms with Gasteiger partial charge in [-0.05, 0) is 37.0 Å². The largest absolute Gasteiger partial charge is 0.343 e. The van der Waals surface area contributed by atoms with Gasteiger partial charge in [-0.15, -0.1) is 11.8 Å². The van der Waals surface area contributed by atoms with E-state index in [4.69, 9.17) is 4.52 Å². The number of thioether (sulfide) groups is 1. The Morgan fingerprint density at radius 2 is 2.04 bits per heavy atom. The zero-order chi connectivity index (χ0) is 20.1. The maximum atomic E-state index is 12.3. The van der Waals surface area contributed by atoms with Crippen molar-refractivity contribution in [3.05, 3.63) is 40.5 Å². The highest BCUT2D eigenvalue weighted by molar-refractivity contribution is 9.10. The first-order valence-corrected chi connectivity index (χ1v) is 11.1. The molecule has 1 heterocycles. The van der Waals surface area contributed by atoms with Crippen LogP contribution in [0.5, 0.6) is 0 Å². The lowest BCUT2D eigenvalue weighted by Gasteiger charge is -2.18. The number of hydrogen-bond donors (Lipinski definition) is 2. The summed E-state index contributed by atoms with van der Waals surface area (Å²) in [7, 11) is 0. The van der Waals surface area contributed by atoms with Gasteiger partial charge in [0.05, 0.1) is 11.5 Å². The second-order valence-corrected chi connectivity index (χ2v) is 9.01. The lowest BCUT2D eigenvalue weighted by atomic mass is 10.0. The van der Waals surface area contributed by atoms with E-state index in [1.165, 1.54) is 11.8 Å². The van der Waals surface area contributed by atoms with Crippen molar-refractivity contribution in [2.75, 3.05) is 16.8 Å². The molecular formula is C19H23BrN4O3S. The molecule has 3 rings (SSSR count). The van der Waals surface area contributed by atoms with Crippen molar-refractivity contribution in [1.82, 2.24) is 15.5 Å². The van der Waals surface area contributed by atoms with E-state index < -0.39 is 0 Å². The van der Waals surface area contributed by atoms with E-state index in [0.29, 0.717) is 17.5 Å². The molecule has 28 heavy (non-hydrogen) atoms. The molecule has 2 amide bonds. The van der Waals surface area contributed by atoms with Crippen LogP contribution in [0.2, 0.25) is 0 Å². The number of carbonyl (C=O) groups is 2. The molecule has 1 aliphatic rings. The first-order chi connectivity index (χ1) is 13.4. The van der Waals surface area contributed by atoms with Gasteiger partial charge in [-0.25, -0.2) is 0 Å². The summed E-state index contributed by atoms with van der Waals surface area (Å²) in [5.74, 6) is 1.75. The topological polar surface area (TPSA) is 97.1 Å². The zero-order valence-corrected chi connectivity index (χ0v) is 18.2. The summed E-state index contributed by atoms with van der Waals surface area (Å²) in [6.07, 6.45) is 2.19. The van der Waals surface area contributed by atoms with E-state index in [9.17, 15) is 9.59 Å². The van der Waals surface area contributed by atoms with E-state index in [0.717, 1.165) is 23.1 Å². The third-order valence-corrected chi connectivity index (χ3v) is 5.65. The minimum Gasteiger partial charge on any atom is -0.343 e. The van der Waals surface area contributed by atoms with Crippen LogP contribution in [-0.2, 0) is 9.59 Å². The van der Waals surface area contributed by atoms with Crippen molar-refractivity contribution in [1.29, 1.82) is 0 Å². The fourth-order valence-electron chi connectivity index (χ4n) is 2.61. The Kier molecular flexibility index (Phi) is 7.12. The number of nitrogens with zero attached hydrogens (tertiary/aromatic N) is 2. The maximum absolute atomic E-state index is 12.3. The number of nitrogens with one attached hydrogen (secondary N) is 2. The van der Waals surface area contributed by atoms with Gasteiger partial charge in [0.25, 0.3) is 0 Å². The zero-order valence-electron chi connectivity index (χ0n) is 15.8. The predicted molar refractivity (Wildman–Crippen MR) is 112 cm³/mol. The molecule has 1 aromatic heterocycles. The molecule has 0 radical (unpaired) electrons. The van der Waals surface area contributed by atoms with Crippen molar-refractivity contribution >= 4 is 45.2 Å². The Morgan fingerprint density at radius 1 is 1.29 bits per heavy atom. The Labute approximate surface area is 176 Å². The summed E-state index contributed by atoms with van der Waals surface area (Å²) in [6, 6.07) is 7.04. The molecule has 1 fully saturated rings. The minimum atomic E-state index is -0.330. The third-order valence-electron chi connectivity index (χ3n) is 4.22. The number of carbonyl (C=O) groups excluding carboxylic acids is 2. The highest BCUT2D eigenvalue weighted by atomic mass is 79.9. The summed E-state index contributed by atoms with van der Waals surface area (Å²) >= 11 is 4.62. The third kappa shape index (κ3) is 6.07. The Balaban J connectivity index is 1.44. The summed E-state index contributed by atoms with van der Waals surface area (Å²) < 4.78 is 6.25. The van der Waals surface area contributed by atoms with Gasteiger partial charge in [0, 0.05) is 16.1 Å². The van der Waals surface area contributed by atoms with E-state index >= 15 is 0 Å². The number of aromatic nitrogens is 2. The molecule has 1 atom stereocenters. The molecule has 150 valence electrons. The molecule has 2 N–H and O–H groups in total. The van der Waals surface area contributed by atoms with Crippen molar-refractivity contribution in [3.8, 4) is 0 Å². The van der Waals surface area contributed by atoms with Crippen LogP contribution >= 0.6 is 27.7 Å². The second-order valence-electron chi connectivity index (χ2n) is 7.11. The smallest absolute Gasteiger partial charge is 0.249 e. The number of halogens is 1. The number of rotatable bonds is 9. The SMILES string of the molecule is CC(C)C(NC(=O)CSCC(=O)Nc1cccc(Br)c1)c1nc(C2CC2)no1. The molecule has 1 saturated carbocycles. The van der Waals surface area contributed by atoms with Crippen molar-refractivity contribution in [2.24, 2.45) is 5.92 Å². The Morgan fingerprint density at radius 3 is 2.71 bits per heavy atom. The monoisotopic (exact) mass is 466 g/mol. The molecule has 0 bridgehead atoms. The van der Waals surface area contributed by atoms with Crippen molar-refractivity contribution < 1.29 is 14.1 Å². The molecule has 1 aliphatic carbocycles. The Hall–Kier alpha value is -1.87. The fourth-order valence-corrected chi connectivity index (χ4v) is 3.64. The van der Waals surface area contributed by atoms with Gasteiger partial charge in [-0.2, -0.15) is 4.98 Å². The van der Waals surface area contributed by atoms with Crippen LogP contribution in [0.4, 0.5) is 5.69 Å². The Bertz CT molecular complexity index is 838. The van der Waals surface area contributed by atoms with Crippen LogP contribution in [0, 0.1) is 5.92 Å². The molecule has 0 aliphatic heterocycles. The normalized spacial score (nSPS) is 14.7. The van der Waals surface area contributed by atoms with Crippen LogP contribution in [-0.4, -0.2) is 33.5 Å². The molecule has 2 aromatic rings. The van der Waals surface area contributed by atoms with Gasteiger partial charge >= 0.3 is 0 Å². The molecule has 1 unspecified atom stereocenters. The summed E-state index contributed by atoms with van der Waals surface area (Å²) in [5.41, 5.74) is 0.715. The van der Waals surface area contributed by atoms with E-state index in [2.05, 4.69) is 36.7 Å². The van der Waals surface area contributed by atoms with Gasteiger partial charge < -0.3 is 15.2 Å².